The number of hydrogen-bond acceptors (Lipinski definition) is 3. The number of carbonyl (C=O) groups excluding carboxylic acids is 1. The molecule has 2 rings (SSSR count). The van der Waals surface area contributed by atoms with Crippen LogP contribution < -0.4 is 10.5 Å². The third-order valence-electron chi connectivity index (χ3n) is 3.98. The van der Waals surface area contributed by atoms with E-state index in [0.717, 1.165) is 25.7 Å². The maximum atomic E-state index is 13.7. The van der Waals surface area contributed by atoms with Crippen LogP contribution in [0.3, 0.4) is 0 Å². The summed E-state index contributed by atoms with van der Waals surface area (Å²) in [4.78, 5) is 12.5. The molecule has 0 saturated heterocycles. The molecular weight excluding hydrogens is 245 g/mol. The second-order valence-electron chi connectivity index (χ2n) is 5.10. The molecule has 1 fully saturated rings. The Morgan fingerprint density at radius 3 is 2.79 bits per heavy atom. The predicted octanol–water partition coefficient (Wildman–Crippen LogP) is 2.78. The molecule has 2 N–H and O–H groups in total. The minimum absolute atomic E-state index is 0.0108. The Morgan fingerprint density at radius 1 is 1.42 bits per heavy atom. The molecule has 1 aliphatic carbocycles. The minimum atomic E-state index is -0.492. The fraction of sp³-hybridized carbons (Fsp3) is 0.533. The number of rotatable bonds is 4. The van der Waals surface area contributed by atoms with E-state index in [1.807, 2.05) is 0 Å². The van der Waals surface area contributed by atoms with Crippen molar-refractivity contribution in [2.24, 2.45) is 17.6 Å². The van der Waals surface area contributed by atoms with Crippen LogP contribution in [0, 0.1) is 17.7 Å². The zero-order valence-electron chi connectivity index (χ0n) is 11.2. The summed E-state index contributed by atoms with van der Waals surface area (Å²) in [6, 6.07) is 4.40. The molecule has 2 unspecified atom stereocenters. The van der Waals surface area contributed by atoms with Crippen molar-refractivity contribution in [2.45, 2.75) is 25.7 Å². The maximum Gasteiger partial charge on any atom is 0.166 e. The Bertz CT molecular complexity index is 461. The molecule has 104 valence electrons. The molecule has 19 heavy (non-hydrogen) atoms. The van der Waals surface area contributed by atoms with Gasteiger partial charge < -0.3 is 10.5 Å². The van der Waals surface area contributed by atoms with Crippen LogP contribution in [0.4, 0.5) is 4.39 Å². The first-order valence-electron chi connectivity index (χ1n) is 6.75. The molecule has 0 aliphatic heterocycles. The van der Waals surface area contributed by atoms with Crippen molar-refractivity contribution in [3.05, 3.63) is 29.6 Å². The summed E-state index contributed by atoms with van der Waals surface area (Å²) in [5.41, 5.74) is 6.16. The first-order chi connectivity index (χ1) is 9.17. The van der Waals surface area contributed by atoms with Crippen LogP contribution in [0.1, 0.15) is 36.0 Å². The molecule has 1 aliphatic rings. The Morgan fingerprint density at radius 2 is 2.16 bits per heavy atom. The number of halogens is 1. The summed E-state index contributed by atoms with van der Waals surface area (Å²) in [5, 5.41) is 0. The van der Waals surface area contributed by atoms with Gasteiger partial charge in [-0.15, -0.1) is 0 Å². The number of carbonyl (C=O) groups is 1. The van der Waals surface area contributed by atoms with Crippen LogP contribution in [0.2, 0.25) is 0 Å². The molecular formula is C15H20FNO2. The van der Waals surface area contributed by atoms with E-state index < -0.39 is 5.82 Å². The van der Waals surface area contributed by atoms with Crippen LogP contribution in [0.5, 0.6) is 5.75 Å². The third kappa shape index (κ3) is 2.95. The van der Waals surface area contributed by atoms with E-state index >= 15 is 0 Å². The molecule has 0 heterocycles. The van der Waals surface area contributed by atoms with Gasteiger partial charge in [0.2, 0.25) is 0 Å². The Balaban J connectivity index is 2.20. The van der Waals surface area contributed by atoms with E-state index in [1.165, 1.54) is 19.2 Å². The second-order valence-corrected chi connectivity index (χ2v) is 5.10. The third-order valence-corrected chi connectivity index (χ3v) is 3.98. The molecule has 0 amide bonds. The molecule has 1 aromatic carbocycles. The molecule has 0 spiro atoms. The second kappa shape index (κ2) is 6.15. The van der Waals surface area contributed by atoms with Crippen molar-refractivity contribution in [2.75, 3.05) is 13.7 Å². The van der Waals surface area contributed by atoms with Crippen molar-refractivity contribution >= 4 is 5.78 Å². The molecule has 3 nitrogen and oxygen atoms in total. The average Bonchev–Trinajstić information content (AvgIpc) is 2.46. The number of ketones is 1. The van der Waals surface area contributed by atoms with Crippen molar-refractivity contribution in [1.29, 1.82) is 0 Å². The molecule has 2 atom stereocenters. The molecule has 1 saturated carbocycles. The van der Waals surface area contributed by atoms with Crippen LogP contribution in [-0.4, -0.2) is 19.4 Å². The number of ether oxygens (including phenoxy) is 1. The normalized spacial score (nSPS) is 23.1. The lowest BCUT2D eigenvalue weighted by molar-refractivity contribution is 0.0829. The van der Waals surface area contributed by atoms with Gasteiger partial charge >= 0.3 is 0 Å². The van der Waals surface area contributed by atoms with Gasteiger partial charge in [-0.3, -0.25) is 4.79 Å². The lowest BCUT2D eigenvalue weighted by Gasteiger charge is -2.29. The van der Waals surface area contributed by atoms with Crippen LogP contribution >= 0.6 is 0 Å². The fourth-order valence-electron chi connectivity index (χ4n) is 2.87. The maximum absolute atomic E-state index is 13.7. The van der Waals surface area contributed by atoms with Gasteiger partial charge in [-0.05, 0) is 43.5 Å². The fourth-order valence-corrected chi connectivity index (χ4v) is 2.87. The van der Waals surface area contributed by atoms with Crippen molar-refractivity contribution < 1.29 is 13.9 Å². The highest BCUT2D eigenvalue weighted by Crippen LogP contribution is 2.32. The molecule has 4 heteroatoms. The van der Waals surface area contributed by atoms with Gasteiger partial charge in [0, 0.05) is 11.5 Å². The van der Waals surface area contributed by atoms with E-state index in [1.54, 1.807) is 6.07 Å². The summed E-state index contributed by atoms with van der Waals surface area (Å²) in [6.45, 7) is 0.523. The van der Waals surface area contributed by atoms with Crippen LogP contribution in [0.25, 0.3) is 0 Å². The van der Waals surface area contributed by atoms with Gasteiger partial charge in [-0.25, -0.2) is 4.39 Å². The summed E-state index contributed by atoms with van der Waals surface area (Å²) in [6.07, 6.45) is 4.02. The van der Waals surface area contributed by atoms with E-state index in [-0.39, 0.29) is 23.4 Å². The molecule has 0 bridgehead atoms. The Kier molecular flexibility index (Phi) is 4.53. The zero-order valence-corrected chi connectivity index (χ0v) is 11.2. The summed E-state index contributed by atoms with van der Waals surface area (Å²) >= 11 is 0. The lowest BCUT2D eigenvalue weighted by Crippen LogP contribution is -2.32. The smallest absolute Gasteiger partial charge is 0.166 e. The summed E-state index contributed by atoms with van der Waals surface area (Å²) in [7, 11) is 1.41. The van der Waals surface area contributed by atoms with Crippen molar-refractivity contribution in [1.82, 2.24) is 0 Å². The molecule has 0 radical (unpaired) electrons. The highest BCUT2D eigenvalue weighted by molar-refractivity contribution is 5.98. The van der Waals surface area contributed by atoms with Gasteiger partial charge in [-0.1, -0.05) is 12.8 Å². The number of Topliss-reactive ketones (excluding diaryl/α,β-unsaturated/α-hetero) is 1. The van der Waals surface area contributed by atoms with Crippen molar-refractivity contribution in [3.8, 4) is 5.75 Å². The quantitative estimate of drug-likeness (QED) is 0.852. The van der Waals surface area contributed by atoms with E-state index in [2.05, 4.69) is 0 Å². The van der Waals surface area contributed by atoms with E-state index in [0.29, 0.717) is 12.1 Å². The number of methoxy groups -OCH3 is 1. The molecule has 1 aromatic rings. The lowest BCUT2D eigenvalue weighted by atomic mass is 9.75. The van der Waals surface area contributed by atoms with Crippen molar-refractivity contribution in [3.63, 3.8) is 0 Å². The van der Waals surface area contributed by atoms with Gasteiger partial charge in [0.15, 0.2) is 17.3 Å². The SMILES string of the molecule is COc1ccc(C(=O)C2CCCCC2CN)cc1F. The summed E-state index contributed by atoms with van der Waals surface area (Å²) < 4.78 is 18.5. The first-order valence-corrected chi connectivity index (χ1v) is 6.75. The van der Waals surface area contributed by atoms with E-state index in [4.69, 9.17) is 10.5 Å². The topological polar surface area (TPSA) is 52.3 Å². The van der Waals surface area contributed by atoms with Crippen LogP contribution in [0.15, 0.2) is 18.2 Å². The van der Waals surface area contributed by atoms with Gasteiger partial charge in [0.25, 0.3) is 0 Å². The highest BCUT2D eigenvalue weighted by Gasteiger charge is 2.30. The number of nitrogens with two attached hydrogens (primary N) is 1. The standard InChI is InChI=1S/C15H20FNO2/c1-19-14-7-6-10(8-13(14)16)15(18)12-5-3-2-4-11(12)9-17/h6-8,11-12H,2-5,9,17H2,1H3. The van der Waals surface area contributed by atoms with E-state index in [9.17, 15) is 9.18 Å². The minimum Gasteiger partial charge on any atom is -0.494 e. The zero-order chi connectivity index (χ0) is 13.8. The number of hydrogen-bond donors (Lipinski definition) is 1. The van der Waals surface area contributed by atoms with Gasteiger partial charge in [-0.2, -0.15) is 0 Å². The summed E-state index contributed by atoms with van der Waals surface area (Å²) in [5.74, 6) is -0.154. The predicted molar refractivity (Wildman–Crippen MR) is 71.8 cm³/mol. The Hall–Kier alpha value is -1.42. The van der Waals surface area contributed by atoms with Crippen LogP contribution in [-0.2, 0) is 0 Å². The van der Waals surface area contributed by atoms with Gasteiger partial charge in [0.1, 0.15) is 0 Å². The largest absolute Gasteiger partial charge is 0.494 e. The first kappa shape index (κ1) is 14.0. The monoisotopic (exact) mass is 265 g/mol. The number of benzene rings is 1. The molecule has 0 aromatic heterocycles. The average molecular weight is 265 g/mol. The Labute approximate surface area is 112 Å². The van der Waals surface area contributed by atoms with Gasteiger partial charge in [0.05, 0.1) is 7.11 Å². The highest BCUT2D eigenvalue weighted by atomic mass is 19.1.